The van der Waals surface area contributed by atoms with E-state index in [1.54, 1.807) is 0 Å². The molecular weight excluding hydrogens is 510 g/mol. The number of benzene rings is 3. The van der Waals surface area contributed by atoms with Crippen molar-refractivity contribution in [3.05, 3.63) is 123 Å². The van der Waals surface area contributed by atoms with Crippen LogP contribution < -0.4 is 0 Å². The zero-order chi connectivity index (χ0) is 31.0. The molecule has 0 spiro atoms. The van der Waals surface area contributed by atoms with Gasteiger partial charge in [-0.2, -0.15) is 15.8 Å². The van der Waals surface area contributed by atoms with Crippen molar-refractivity contribution in [2.75, 3.05) is 0 Å². The zero-order valence-electron chi connectivity index (χ0n) is 26.3. The van der Waals surface area contributed by atoms with Gasteiger partial charge in [-0.1, -0.05) is 135 Å². The molecule has 0 aromatic heterocycles. The third kappa shape index (κ3) is 6.00. The van der Waals surface area contributed by atoms with E-state index in [0.29, 0.717) is 33.4 Å². The van der Waals surface area contributed by atoms with Crippen LogP contribution in [0, 0.1) is 34.0 Å². The number of hydrogen-bond acceptors (Lipinski definition) is 3. The SMILES string of the molecule is CC(C)(C)c1ccc(C(C#N)=C2C(=C(C#N)c3ccc(C(C)(C)C)cc3)C2=C(C#N)c2ccc(C(C)(C)C)cc2)cc1. The molecule has 4 rings (SSSR count). The van der Waals surface area contributed by atoms with Crippen LogP contribution in [0.5, 0.6) is 0 Å². The molecule has 0 aliphatic heterocycles. The van der Waals surface area contributed by atoms with Crippen molar-refractivity contribution in [1.82, 2.24) is 0 Å². The molecule has 0 N–H and O–H groups in total. The van der Waals surface area contributed by atoms with Crippen LogP contribution >= 0.6 is 0 Å². The molecule has 3 aromatic rings. The summed E-state index contributed by atoms with van der Waals surface area (Å²) in [5.74, 6) is 0. The Morgan fingerprint density at radius 3 is 0.714 bits per heavy atom. The summed E-state index contributed by atoms with van der Waals surface area (Å²) >= 11 is 0. The van der Waals surface area contributed by atoms with Crippen molar-refractivity contribution >= 4 is 16.7 Å². The Hall–Kier alpha value is -4.65. The fraction of sp³-hybridized carbons (Fsp3) is 0.308. The van der Waals surface area contributed by atoms with Gasteiger partial charge in [-0.25, -0.2) is 0 Å². The molecule has 1 aliphatic carbocycles. The molecule has 210 valence electrons. The Balaban J connectivity index is 2.00. The Kier molecular flexibility index (Phi) is 7.92. The summed E-state index contributed by atoms with van der Waals surface area (Å²) in [6.45, 7) is 19.4. The maximum Gasteiger partial charge on any atom is 0.100 e. The van der Waals surface area contributed by atoms with Crippen LogP contribution in [0.2, 0.25) is 0 Å². The highest BCUT2D eigenvalue weighted by atomic mass is 14.4. The summed E-state index contributed by atoms with van der Waals surface area (Å²) in [5, 5.41) is 31.3. The van der Waals surface area contributed by atoms with E-state index in [1.165, 1.54) is 16.7 Å². The third-order valence-electron chi connectivity index (χ3n) is 7.89. The number of rotatable bonds is 3. The van der Waals surface area contributed by atoms with Gasteiger partial charge in [0.05, 0.1) is 16.7 Å². The van der Waals surface area contributed by atoms with Gasteiger partial charge in [-0.05, 0) is 49.6 Å². The molecule has 3 heteroatoms. The summed E-state index contributed by atoms with van der Waals surface area (Å²) in [5.41, 5.74) is 9.21. The van der Waals surface area contributed by atoms with Gasteiger partial charge in [0.1, 0.15) is 18.2 Å². The first-order chi connectivity index (χ1) is 19.6. The van der Waals surface area contributed by atoms with Crippen LogP contribution in [0.4, 0.5) is 0 Å². The molecule has 42 heavy (non-hydrogen) atoms. The maximum atomic E-state index is 10.4. The standard InChI is InChI=1S/C39H39N3/c1-37(2,3)28-16-10-25(11-17-28)31(22-40)34-35(32(23-41)26-12-18-29(19-13-26)38(4,5)6)36(34)33(24-42)27-14-20-30(21-15-27)39(7,8)9/h10-21H,1-9H3. The van der Waals surface area contributed by atoms with Crippen molar-refractivity contribution in [2.24, 2.45) is 0 Å². The molecule has 0 heterocycles. The number of nitrogens with zero attached hydrogens (tertiary/aromatic N) is 3. The monoisotopic (exact) mass is 549 g/mol. The van der Waals surface area contributed by atoms with Crippen molar-refractivity contribution in [3.63, 3.8) is 0 Å². The lowest BCUT2D eigenvalue weighted by molar-refractivity contribution is 0.590. The Morgan fingerprint density at radius 1 is 0.381 bits per heavy atom. The Labute approximate surface area is 251 Å². The van der Waals surface area contributed by atoms with Crippen molar-refractivity contribution in [2.45, 2.75) is 78.6 Å². The average molecular weight is 550 g/mol. The summed E-state index contributed by atoms with van der Waals surface area (Å²) in [4.78, 5) is 0. The van der Waals surface area contributed by atoms with Gasteiger partial charge in [0, 0.05) is 16.7 Å². The van der Waals surface area contributed by atoms with Gasteiger partial charge in [0.2, 0.25) is 0 Å². The summed E-state index contributed by atoms with van der Waals surface area (Å²) in [6.07, 6.45) is 0. The molecule has 3 aromatic carbocycles. The van der Waals surface area contributed by atoms with Gasteiger partial charge in [-0.15, -0.1) is 0 Å². The Morgan fingerprint density at radius 2 is 0.571 bits per heavy atom. The smallest absolute Gasteiger partial charge is 0.100 e. The van der Waals surface area contributed by atoms with Crippen molar-refractivity contribution < 1.29 is 0 Å². The first kappa shape index (κ1) is 30.3. The van der Waals surface area contributed by atoms with Gasteiger partial charge in [-0.3, -0.25) is 0 Å². The lowest BCUT2D eigenvalue weighted by atomic mass is 9.86. The highest BCUT2D eigenvalue weighted by Crippen LogP contribution is 2.56. The van der Waals surface area contributed by atoms with E-state index in [9.17, 15) is 15.8 Å². The second-order valence-corrected chi connectivity index (χ2v) is 14.1. The van der Waals surface area contributed by atoms with Gasteiger partial charge < -0.3 is 0 Å². The summed E-state index contributed by atoms with van der Waals surface area (Å²) in [7, 11) is 0. The second-order valence-electron chi connectivity index (χ2n) is 14.1. The summed E-state index contributed by atoms with van der Waals surface area (Å²) < 4.78 is 0. The first-order valence-electron chi connectivity index (χ1n) is 14.4. The molecular formula is C39H39N3. The van der Waals surface area contributed by atoms with Crippen LogP contribution in [0.1, 0.15) is 95.7 Å². The van der Waals surface area contributed by atoms with E-state index >= 15 is 0 Å². The minimum Gasteiger partial charge on any atom is -0.192 e. The van der Waals surface area contributed by atoms with Gasteiger partial charge in [0.25, 0.3) is 0 Å². The highest BCUT2D eigenvalue weighted by Gasteiger charge is 2.41. The molecule has 0 unspecified atom stereocenters. The van der Waals surface area contributed by atoms with E-state index in [4.69, 9.17) is 0 Å². The molecule has 1 saturated carbocycles. The van der Waals surface area contributed by atoms with Crippen molar-refractivity contribution in [1.29, 1.82) is 15.8 Å². The van der Waals surface area contributed by atoms with Gasteiger partial charge in [0.15, 0.2) is 0 Å². The van der Waals surface area contributed by atoms with Crippen LogP contribution in [-0.4, -0.2) is 0 Å². The fourth-order valence-electron chi connectivity index (χ4n) is 5.14. The second kappa shape index (κ2) is 11.0. The summed E-state index contributed by atoms with van der Waals surface area (Å²) in [6, 6.07) is 31.3. The van der Waals surface area contributed by atoms with E-state index in [-0.39, 0.29) is 16.2 Å². The van der Waals surface area contributed by atoms with Crippen LogP contribution in [-0.2, 0) is 16.2 Å². The molecule has 1 aliphatic rings. The maximum absolute atomic E-state index is 10.4. The first-order valence-corrected chi connectivity index (χ1v) is 14.4. The number of allylic oxidation sites excluding steroid dienone is 6. The van der Waals surface area contributed by atoms with E-state index < -0.39 is 0 Å². The molecule has 0 saturated heterocycles. The van der Waals surface area contributed by atoms with E-state index in [1.807, 2.05) is 36.4 Å². The highest BCUT2D eigenvalue weighted by molar-refractivity contribution is 6.12. The molecule has 0 amide bonds. The minimum absolute atomic E-state index is 0.0193. The zero-order valence-corrected chi connectivity index (χ0v) is 26.3. The quantitative estimate of drug-likeness (QED) is 0.305. The van der Waals surface area contributed by atoms with Crippen LogP contribution in [0.25, 0.3) is 16.7 Å². The normalized spacial score (nSPS) is 13.1. The minimum atomic E-state index is -0.0193. The molecule has 0 atom stereocenters. The predicted molar refractivity (Wildman–Crippen MR) is 173 cm³/mol. The fourth-order valence-corrected chi connectivity index (χ4v) is 5.14. The molecule has 3 nitrogen and oxygen atoms in total. The van der Waals surface area contributed by atoms with Crippen molar-refractivity contribution in [3.8, 4) is 18.2 Å². The number of hydrogen-bond donors (Lipinski definition) is 0. The predicted octanol–water partition coefficient (Wildman–Crippen LogP) is 9.82. The van der Waals surface area contributed by atoms with E-state index in [2.05, 4.69) is 117 Å². The molecule has 0 bridgehead atoms. The topological polar surface area (TPSA) is 71.4 Å². The average Bonchev–Trinajstić information content (AvgIpc) is 3.63. The van der Waals surface area contributed by atoms with Crippen LogP contribution in [0.3, 0.4) is 0 Å². The largest absolute Gasteiger partial charge is 0.192 e. The van der Waals surface area contributed by atoms with E-state index in [0.717, 1.165) is 16.7 Å². The number of nitriles is 3. The Bertz CT molecular complexity index is 1510. The lowest BCUT2D eigenvalue weighted by Crippen LogP contribution is -2.10. The van der Waals surface area contributed by atoms with Crippen LogP contribution in [0.15, 0.2) is 89.5 Å². The lowest BCUT2D eigenvalue weighted by Gasteiger charge is -2.19. The van der Waals surface area contributed by atoms with Gasteiger partial charge >= 0.3 is 0 Å². The molecule has 1 fully saturated rings. The third-order valence-corrected chi connectivity index (χ3v) is 7.89. The molecule has 0 radical (unpaired) electrons.